The van der Waals surface area contributed by atoms with Crippen LogP contribution < -0.4 is 14.8 Å². The van der Waals surface area contributed by atoms with Crippen molar-refractivity contribution in [2.75, 3.05) is 39.2 Å². The summed E-state index contributed by atoms with van der Waals surface area (Å²) in [6.07, 6.45) is 9.59. The highest BCUT2D eigenvalue weighted by molar-refractivity contribution is 6.04. The van der Waals surface area contributed by atoms with E-state index < -0.39 is 5.60 Å². The summed E-state index contributed by atoms with van der Waals surface area (Å²) < 4.78 is 16.4. The van der Waals surface area contributed by atoms with E-state index in [0.29, 0.717) is 35.6 Å². The Morgan fingerprint density at radius 2 is 1.89 bits per heavy atom. The van der Waals surface area contributed by atoms with Crippen LogP contribution in [0.5, 0.6) is 11.5 Å². The Labute approximate surface area is 211 Å². The van der Waals surface area contributed by atoms with Gasteiger partial charge in [0.1, 0.15) is 5.58 Å². The quantitative estimate of drug-likeness (QED) is 0.435. The summed E-state index contributed by atoms with van der Waals surface area (Å²) in [6.45, 7) is 2.89. The van der Waals surface area contributed by atoms with E-state index in [2.05, 4.69) is 22.4 Å². The van der Waals surface area contributed by atoms with E-state index in [1.807, 2.05) is 18.2 Å². The van der Waals surface area contributed by atoms with E-state index in [1.54, 1.807) is 38.5 Å². The number of fused-ring (bicyclic) bond motifs is 1. The van der Waals surface area contributed by atoms with Gasteiger partial charge in [-0.3, -0.25) is 4.79 Å². The lowest BCUT2D eigenvalue weighted by Gasteiger charge is -2.40. The number of piperidine rings is 1. The van der Waals surface area contributed by atoms with Gasteiger partial charge >= 0.3 is 0 Å². The minimum atomic E-state index is -0.865. The number of anilines is 1. The Bertz CT molecular complexity index is 1260. The molecule has 3 aromatic rings. The van der Waals surface area contributed by atoms with Crippen molar-refractivity contribution in [1.29, 1.82) is 0 Å². The number of nitrogens with zero attached hydrogens (tertiary/aromatic N) is 1. The summed E-state index contributed by atoms with van der Waals surface area (Å²) >= 11 is 0. The average Bonchev–Trinajstić information content (AvgIpc) is 3.34. The largest absolute Gasteiger partial charge is 0.493 e. The number of likely N-dealkylation sites (tertiary alicyclic amines) is 1. The van der Waals surface area contributed by atoms with Crippen molar-refractivity contribution in [3.8, 4) is 11.5 Å². The molecule has 1 aliphatic heterocycles. The molecule has 190 valence electrons. The Morgan fingerprint density at radius 3 is 2.61 bits per heavy atom. The van der Waals surface area contributed by atoms with Gasteiger partial charge in [0, 0.05) is 36.8 Å². The molecule has 0 unspecified atom stereocenters. The zero-order chi connectivity index (χ0) is 25.1. The fraction of sp³-hybridized carbons (Fsp3) is 0.414. The second-order valence-corrected chi connectivity index (χ2v) is 9.87. The second-order valence-electron chi connectivity index (χ2n) is 9.87. The lowest BCUT2D eigenvalue weighted by atomic mass is 9.83. The summed E-state index contributed by atoms with van der Waals surface area (Å²) in [7, 11) is 3.11. The highest BCUT2D eigenvalue weighted by Gasteiger charge is 2.35. The molecule has 0 bridgehead atoms. The molecule has 1 saturated heterocycles. The van der Waals surface area contributed by atoms with E-state index in [-0.39, 0.29) is 11.7 Å². The molecule has 7 nitrogen and oxygen atoms in total. The SMILES string of the molecule is COc1ccc(NC(=O)c2cc3cc(C4(O)CCN(C[C@H]5CC=CCC5)CC4)ccc3o2)cc1OC. The topological polar surface area (TPSA) is 84.2 Å². The van der Waals surface area contributed by atoms with Crippen LogP contribution in [0.25, 0.3) is 11.0 Å². The average molecular weight is 491 g/mol. The van der Waals surface area contributed by atoms with Crippen LogP contribution in [-0.2, 0) is 5.60 Å². The molecule has 1 atom stereocenters. The third-order valence-corrected chi connectivity index (χ3v) is 7.50. The van der Waals surface area contributed by atoms with Gasteiger partial charge in [-0.15, -0.1) is 0 Å². The van der Waals surface area contributed by atoms with Crippen LogP contribution in [0.1, 0.15) is 48.2 Å². The van der Waals surface area contributed by atoms with Crippen LogP contribution in [0.15, 0.2) is 59.0 Å². The molecule has 1 fully saturated rings. The predicted molar refractivity (Wildman–Crippen MR) is 140 cm³/mol. The van der Waals surface area contributed by atoms with Crippen molar-refractivity contribution >= 4 is 22.6 Å². The maximum absolute atomic E-state index is 12.9. The summed E-state index contributed by atoms with van der Waals surface area (Å²) in [6, 6.07) is 12.6. The fourth-order valence-corrected chi connectivity index (χ4v) is 5.33. The number of amides is 1. The smallest absolute Gasteiger partial charge is 0.291 e. The molecule has 5 rings (SSSR count). The van der Waals surface area contributed by atoms with Crippen LogP contribution in [0.4, 0.5) is 5.69 Å². The molecular formula is C29H34N2O5. The molecule has 2 aliphatic rings. The zero-order valence-corrected chi connectivity index (χ0v) is 21.0. The van der Waals surface area contributed by atoms with Crippen LogP contribution >= 0.6 is 0 Å². The molecule has 1 aromatic heterocycles. The van der Waals surface area contributed by atoms with Crippen LogP contribution in [0.3, 0.4) is 0 Å². The van der Waals surface area contributed by atoms with Gasteiger partial charge in [-0.05, 0) is 73.9 Å². The number of carbonyl (C=O) groups excluding carboxylic acids is 1. The van der Waals surface area contributed by atoms with Gasteiger partial charge in [0.25, 0.3) is 5.91 Å². The van der Waals surface area contributed by atoms with Gasteiger partial charge in [-0.1, -0.05) is 18.2 Å². The number of aliphatic hydroxyl groups is 1. The van der Waals surface area contributed by atoms with Gasteiger partial charge in [-0.25, -0.2) is 0 Å². The van der Waals surface area contributed by atoms with Crippen LogP contribution in [0.2, 0.25) is 0 Å². The molecule has 0 radical (unpaired) electrons. The standard InChI is InChI=1S/C29H34N2O5/c1-34-25-11-9-23(18-26(25)35-2)30-28(32)27-17-21-16-22(8-10-24(21)36-27)29(33)12-14-31(15-13-29)19-20-6-4-3-5-7-20/h3-4,8-11,16-18,20,33H,5-7,12-15,19H2,1-2H3,(H,30,32)/t20-/m0/s1. The maximum atomic E-state index is 12.9. The van der Waals surface area contributed by atoms with Crippen molar-refractivity contribution in [3.63, 3.8) is 0 Å². The molecule has 1 amide bonds. The third-order valence-electron chi connectivity index (χ3n) is 7.50. The molecule has 2 aromatic carbocycles. The third kappa shape index (κ3) is 5.13. The Balaban J connectivity index is 1.26. The van der Waals surface area contributed by atoms with Crippen molar-refractivity contribution in [2.24, 2.45) is 5.92 Å². The summed E-state index contributed by atoms with van der Waals surface area (Å²) in [5, 5.41) is 15.1. The zero-order valence-electron chi connectivity index (χ0n) is 21.0. The minimum Gasteiger partial charge on any atom is -0.493 e. The monoisotopic (exact) mass is 490 g/mol. The number of hydrogen-bond donors (Lipinski definition) is 2. The van der Waals surface area contributed by atoms with Gasteiger partial charge in [0.2, 0.25) is 0 Å². The highest BCUT2D eigenvalue weighted by Crippen LogP contribution is 2.36. The molecule has 0 spiro atoms. The molecule has 1 aliphatic carbocycles. The number of methoxy groups -OCH3 is 2. The number of hydrogen-bond acceptors (Lipinski definition) is 6. The number of allylic oxidation sites excluding steroid dienone is 2. The normalized spacial score (nSPS) is 19.8. The predicted octanol–water partition coefficient (Wildman–Crippen LogP) is 5.34. The van der Waals surface area contributed by atoms with Crippen molar-refractivity contribution in [1.82, 2.24) is 4.90 Å². The molecule has 7 heteroatoms. The summed E-state index contributed by atoms with van der Waals surface area (Å²) in [5.74, 6) is 1.69. The summed E-state index contributed by atoms with van der Waals surface area (Å²) in [4.78, 5) is 15.3. The Morgan fingerprint density at radius 1 is 1.08 bits per heavy atom. The van der Waals surface area contributed by atoms with E-state index in [1.165, 1.54) is 19.3 Å². The summed E-state index contributed by atoms with van der Waals surface area (Å²) in [5.41, 5.74) is 1.20. The van der Waals surface area contributed by atoms with Gasteiger partial charge in [0.05, 0.1) is 19.8 Å². The van der Waals surface area contributed by atoms with Gasteiger partial charge < -0.3 is 29.2 Å². The van der Waals surface area contributed by atoms with Crippen LogP contribution in [0, 0.1) is 5.92 Å². The van der Waals surface area contributed by atoms with Gasteiger partial charge in [0.15, 0.2) is 17.3 Å². The number of ether oxygens (including phenoxy) is 2. The molecule has 0 saturated carbocycles. The first-order valence-corrected chi connectivity index (χ1v) is 12.6. The van der Waals surface area contributed by atoms with Crippen molar-refractivity contribution < 1.29 is 23.8 Å². The molecule has 36 heavy (non-hydrogen) atoms. The second kappa shape index (κ2) is 10.4. The minimum absolute atomic E-state index is 0.209. The van der Waals surface area contributed by atoms with Gasteiger partial charge in [-0.2, -0.15) is 0 Å². The van der Waals surface area contributed by atoms with Crippen LogP contribution in [-0.4, -0.2) is 49.8 Å². The number of furan rings is 1. The lowest BCUT2D eigenvalue weighted by Crippen LogP contribution is -2.44. The maximum Gasteiger partial charge on any atom is 0.291 e. The number of nitrogens with one attached hydrogen (secondary N) is 1. The number of carbonyl (C=O) groups is 1. The molecule has 2 N–H and O–H groups in total. The first kappa shape index (κ1) is 24.4. The van der Waals surface area contributed by atoms with Crippen molar-refractivity contribution in [2.45, 2.75) is 37.7 Å². The lowest BCUT2D eigenvalue weighted by molar-refractivity contribution is -0.0289. The molecule has 2 heterocycles. The van der Waals surface area contributed by atoms with Crippen molar-refractivity contribution in [3.05, 3.63) is 65.9 Å². The first-order chi connectivity index (χ1) is 17.5. The fourth-order valence-electron chi connectivity index (χ4n) is 5.33. The number of rotatable bonds is 7. The molecular weight excluding hydrogens is 456 g/mol. The Kier molecular flexibility index (Phi) is 7.03. The Hall–Kier alpha value is -3.29. The van der Waals surface area contributed by atoms with E-state index in [0.717, 1.165) is 36.5 Å². The first-order valence-electron chi connectivity index (χ1n) is 12.6. The van der Waals surface area contributed by atoms with E-state index >= 15 is 0 Å². The number of benzene rings is 2. The van der Waals surface area contributed by atoms with E-state index in [4.69, 9.17) is 13.9 Å². The highest BCUT2D eigenvalue weighted by atomic mass is 16.5. The van der Waals surface area contributed by atoms with E-state index in [9.17, 15) is 9.90 Å².